The van der Waals surface area contributed by atoms with Gasteiger partial charge in [0.2, 0.25) is 0 Å². The van der Waals surface area contributed by atoms with E-state index in [0.29, 0.717) is 0 Å². The lowest BCUT2D eigenvalue weighted by molar-refractivity contribution is 0.355. The van der Waals surface area contributed by atoms with Crippen LogP contribution in [0.25, 0.3) is 11.1 Å². The molecule has 0 N–H and O–H groups in total. The van der Waals surface area contributed by atoms with E-state index in [1.165, 1.54) is 22.3 Å². The van der Waals surface area contributed by atoms with Gasteiger partial charge in [0.25, 0.3) is 0 Å². The van der Waals surface area contributed by atoms with Gasteiger partial charge in [-0.05, 0) is 46.4 Å². The van der Waals surface area contributed by atoms with Crippen molar-refractivity contribution in [1.82, 2.24) is 0 Å². The molecule has 1 nitrogen and oxygen atoms in total. The van der Waals surface area contributed by atoms with Gasteiger partial charge in [0, 0.05) is 0 Å². The van der Waals surface area contributed by atoms with Gasteiger partial charge in [0.1, 0.15) is 0 Å². The van der Waals surface area contributed by atoms with Crippen LogP contribution in [0.4, 0.5) is 0 Å². The standard InChI is InChI=1S/C22H19O/c1-2-21(17-9-5-3-6-10-17)22(18-11-7-4-8-12-18)19-13-15-20(23)16-14-19/h3-16H,2H2,1H3. The van der Waals surface area contributed by atoms with Gasteiger partial charge in [-0.1, -0.05) is 79.7 Å². The highest BCUT2D eigenvalue weighted by Gasteiger charge is 2.12. The number of allylic oxidation sites excluding steroid dienone is 1. The topological polar surface area (TPSA) is 19.9 Å². The van der Waals surface area contributed by atoms with Crippen molar-refractivity contribution < 1.29 is 5.11 Å². The first-order valence-electron chi connectivity index (χ1n) is 7.91. The molecule has 1 heteroatoms. The Balaban J connectivity index is 2.26. The van der Waals surface area contributed by atoms with E-state index in [4.69, 9.17) is 0 Å². The fraction of sp³-hybridized carbons (Fsp3) is 0.0909. The van der Waals surface area contributed by atoms with Crippen molar-refractivity contribution >= 4 is 11.1 Å². The van der Waals surface area contributed by atoms with Gasteiger partial charge in [-0.15, -0.1) is 0 Å². The van der Waals surface area contributed by atoms with E-state index in [2.05, 4.69) is 55.5 Å². The molecule has 3 rings (SSSR count). The predicted molar refractivity (Wildman–Crippen MR) is 95.7 cm³/mol. The second-order valence-electron chi connectivity index (χ2n) is 5.46. The number of benzene rings is 3. The average Bonchev–Trinajstić information content (AvgIpc) is 2.62. The van der Waals surface area contributed by atoms with Crippen LogP contribution in [0.2, 0.25) is 0 Å². The van der Waals surface area contributed by atoms with Gasteiger partial charge in [0.05, 0.1) is 0 Å². The molecule has 0 aliphatic carbocycles. The summed E-state index contributed by atoms with van der Waals surface area (Å²) in [6, 6.07) is 27.9. The van der Waals surface area contributed by atoms with Crippen LogP contribution in [-0.4, -0.2) is 0 Å². The minimum absolute atomic E-state index is 0.0407. The highest BCUT2D eigenvalue weighted by atomic mass is 16.3. The third-order valence-electron chi connectivity index (χ3n) is 3.98. The third-order valence-corrected chi connectivity index (χ3v) is 3.98. The minimum atomic E-state index is 0.0407. The van der Waals surface area contributed by atoms with Crippen LogP contribution in [0, 0.1) is 0 Å². The largest absolute Gasteiger partial charge is 0.290 e. The zero-order valence-electron chi connectivity index (χ0n) is 13.2. The molecule has 3 aromatic rings. The van der Waals surface area contributed by atoms with E-state index >= 15 is 0 Å². The van der Waals surface area contributed by atoms with Gasteiger partial charge < -0.3 is 0 Å². The molecular weight excluding hydrogens is 280 g/mol. The SMILES string of the molecule is CCC(=C(c1ccccc1)c1ccc([O])cc1)c1ccccc1. The molecule has 23 heavy (non-hydrogen) atoms. The lowest BCUT2D eigenvalue weighted by atomic mass is 9.88. The Kier molecular flexibility index (Phi) is 4.58. The predicted octanol–water partition coefficient (Wildman–Crippen LogP) is 6.20. The van der Waals surface area contributed by atoms with Crippen LogP contribution in [0.3, 0.4) is 0 Å². The monoisotopic (exact) mass is 299 g/mol. The lowest BCUT2D eigenvalue weighted by Crippen LogP contribution is -1.94. The molecule has 0 aliphatic heterocycles. The molecule has 0 fully saturated rings. The summed E-state index contributed by atoms with van der Waals surface area (Å²) in [7, 11) is 0. The van der Waals surface area contributed by atoms with E-state index in [-0.39, 0.29) is 5.75 Å². The average molecular weight is 299 g/mol. The summed E-state index contributed by atoms with van der Waals surface area (Å²) in [5, 5.41) is 11.5. The summed E-state index contributed by atoms with van der Waals surface area (Å²) in [4.78, 5) is 0. The van der Waals surface area contributed by atoms with Crippen molar-refractivity contribution in [3.05, 3.63) is 102 Å². The number of hydrogen-bond acceptors (Lipinski definition) is 0. The van der Waals surface area contributed by atoms with Crippen molar-refractivity contribution in [2.75, 3.05) is 0 Å². The molecule has 0 spiro atoms. The molecule has 0 atom stereocenters. The zero-order valence-corrected chi connectivity index (χ0v) is 13.2. The van der Waals surface area contributed by atoms with Crippen LogP contribution >= 0.6 is 0 Å². The van der Waals surface area contributed by atoms with E-state index in [1.54, 1.807) is 12.1 Å². The maximum atomic E-state index is 11.5. The molecule has 3 aromatic carbocycles. The van der Waals surface area contributed by atoms with Crippen LogP contribution in [0.1, 0.15) is 30.0 Å². The second kappa shape index (κ2) is 6.97. The maximum absolute atomic E-state index is 11.5. The van der Waals surface area contributed by atoms with Crippen molar-refractivity contribution in [2.45, 2.75) is 13.3 Å². The Morgan fingerprint density at radius 1 is 0.652 bits per heavy atom. The van der Waals surface area contributed by atoms with Crippen molar-refractivity contribution in [1.29, 1.82) is 0 Å². The highest BCUT2D eigenvalue weighted by molar-refractivity contribution is 5.98. The van der Waals surface area contributed by atoms with Crippen molar-refractivity contribution in [2.24, 2.45) is 0 Å². The van der Waals surface area contributed by atoms with Crippen LogP contribution in [0.5, 0.6) is 5.75 Å². The first-order chi connectivity index (χ1) is 11.3. The third kappa shape index (κ3) is 3.35. The maximum Gasteiger partial charge on any atom is 0.178 e. The first-order valence-corrected chi connectivity index (χ1v) is 7.91. The van der Waals surface area contributed by atoms with Crippen LogP contribution in [0.15, 0.2) is 84.9 Å². The molecule has 0 aromatic heterocycles. The fourth-order valence-electron chi connectivity index (χ4n) is 2.91. The van der Waals surface area contributed by atoms with Crippen LogP contribution in [-0.2, 0) is 5.11 Å². The Hall–Kier alpha value is -2.80. The normalized spacial score (nSPS) is 11.9. The fourth-order valence-corrected chi connectivity index (χ4v) is 2.91. The highest BCUT2D eigenvalue weighted by Crippen LogP contribution is 2.34. The molecule has 0 aliphatic rings. The summed E-state index contributed by atoms with van der Waals surface area (Å²) in [6.07, 6.45) is 0.924. The van der Waals surface area contributed by atoms with E-state index in [1.807, 2.05) is 24.3 Å². The van der Waals surface area contributed by atoms with Gasteiger partial charge in [-0.25, -0.2) is 0 Å². The van der Waals surface area contributed by atoms with Gasteiger partial charge in [-0.2, -0.15) is 0 Å². The zero-order chi connectivity index (χ0) is 16.1. The van der Waals surface area contributed by atoms with E-state index in [9.17, 15) is 5.11 Å². The number of hydrogen-bond donors (Lipinski definition) is 0. The molecule has 0 unspecified atom stereocenters. The van der Waals surface area contributed by atoms with Crippen molar-refractivity contribution in [3.63, 3.8) is 0 Å². The quantitative estimate of drug-likeness (QED) is 0.511. The second-order valence-corrected chi connectivity index (χ2v) is 5.46. The Morgan fingerprint density at radius 2 is 1.13 bits per heavy atom. The molecular formula is C22H19O. The molecule has 0 heterocycles. The Bertz CT molecular complexity index is 784. The molecule has 113 valence electrons. The first kappa shape index (κ1) is 15.1. The summed E-state index contributed by atoms with van der Waals surface area (Å²) in [6.45, 7) is 2.17. The van der Waals surface area contributed by atoms with Crippen molar-refractivity contribution in [3.8, 4) is 5.75 Å². The smallest absolute Gasteiger partial charge is 0.178 e. The molecule has 0 bridgehead atoms. The van der Waals surface area contributed by atoms with Gasteiger partial charge in [0.15, 0.2) is 5.75 Å². The molecule has 0 saturated carbocycles. The summed E-state index contributed by atoms with van der Waals surface area (Å²) in [5.41, 5.74) is 5.96. The van der Waals surface area contributed by atoms with E-state index in [0.717, 1.165) is 12.0 Å². The summed E-state index contributed by atoms with van der Waals surface area (Å²) in [5.74, 6) is 0.0407. The molecule has 0 amide bonds. The van der Waals surface area contributed by atoms with Crippen LogP contribution < -0.4 is 0 Å². The van der Waals surface area contributed by atoms with E-state index < -0.39 is 0 Å². The summed E-state index contributed by atoms with van der Waals surface area (Å²) < 4.78 is 0. The van der Waals surface area contributed by atoms with Gasteiger partial charge in [-0.3, -0.25) is 5.11 Å². The Morgan fingerprint density at radius 3 is 1.65 bits per heavy atom. The summed E-state index contributed by atoms with van der Waals surface area (Å²) >= 11 is 0. The molecule has 1 radical (unpaired) electrons. The van der Waals surface area contributed by atoms with Gasteiger partial charge >= 0.3 is 0 Å². The number of rotatable bonds is 4. The molecule has 0 saturated heterocycles. The lowest BCUT2D eigenvalue weighted by Gasteiger charge is -2.16. The minimum Gasteiger partial charge on any atom is -0.290 e. The Labute approximate surface area is 137 Å².